The molecule has 1 atom stereocenters. The van der Waals surface area contributed by atoms with Gasteiger partial charge in [-0.05, 0) is 44.4 Å². The van der Waals surface area contributed by atoms with Gasteiger partial charge in [-0.3, -0.25) is 14.2 Å². The Kier molecular flexibility index (Phi) is 6.21. The van der Waals surface area contributed by atoms with Gasteiger partial charge in [0.15, 0.2) is 5.16 Å². The number of methoxy groups -OCH3 is 1. The first-order valence-electron chi connectivity index (χ1n) is 8.65. The first-order valence-corrected chi connectivity index (χ1v) is 9.91. The SMILES string of the molecule is COCCCn1c(S[C@@H](C)C(=O)NC2CC2)nc2cc(Cl)ccc2c1=O. The van der Waals surface area contributed by atoms with Crippen LogP contribution in [0.3, 0.4) is 0 Å². The third-order valence-electron chi connectivity index (χ3n) is 4.19. The van der Waals surface area contributed by atoms with Crippen LogP contribution in [-0.4, -0.2) is 40.5 Å². The Hall–Kier alpha value is -1.57. The lowest BCUT2D eigenvalue weighted by Gasteiger charge is -2.16. The number of halogens is 1. The second-order valence-corrected chi connectivity index (χ2v) is 8.15. The fourth-order valence-electron chi connectivity index (χ4n) is 2.59. The van der Waals surface area contributed by atoms with E-state index in [1.54, 1.807) is 29.9 Å². The maximum atomic E-state index is 12.9. The van der Waals surface area contributed by atoms with E-state index in [2.05, 4.69) is 10.3 Å². The molecule has 1 N–H and O–H groups in total. The molecule has 0 saturated heterocycles. The highest BCUT2D eigenvalue weighted by Crippen LogP contribution is 2.26. The number of rotatable bonds is 8. The molecule has 0 aliphatic heterocycles. The number of aromatic nitrogens is 2. The van der Waals surface area contributed by atoms with E-state index in [1.807, 2.05) is 6.92 Å². The number of nitrogens with one attached hydrogen (secondary N) is 1. The van der Waals surface area contributed by atoms with Gasteiger partial charge in [-0.25, -0.2) is 4.98 Å². The molecule has 0 radical (unpaired) electrons. The van der Waals surface area contributed by atoms with Gasteiger partial charge in [-0.2, -0.15) is 0 Å². The molecule has 26 heavy (non-hydrogen) atoms. The number of carbonyl (C=O) groups is 1. The van der Waals surface area contributed by atoms with Crippen molar-refractivity contribution in [3.8, 4) is 0 Å². The lowest BCUT2D eigenvalue weighted by Crippen LogP contribution is -2.33. The number of hydrogen-bond acceptors (Lipinski definition) is 5. The van der Waals surface area contributed by atoms with Gasteiger partial charge in [0.25, 0.3) is 5.56 Å². The first-order chi connectivity index (χ1) is 12.5. The Morgan fingerprint density at radius 1 is 1.50 bits per heavy atom. The van der Waals surface area contributed by atoms with Crippen LogP contribution in [0.25, 0.3) is 10.9 Å². The number of fused-ring (bicyclic) bond motifs is 1. The molecule has 0 unspecified atom stereocenters. The van der Waals surface area contributed by atoms with Crippen molar-refractivity contribution in [2.24, 2.45) is 0 Å². The molecule has 1 amide bonds. The van der Waals surface area contributed by atoms with E-state index in [1.165, 1.54) is 11.8 Å². The van der Waals surface area contributed by atoms with E-state index in [0.29, 0.717) is 46.7 Å². The second kappa shape index (κ2) is 8.41. The Balaban J connectivity index is 1.92. The molecule has 1 fully saturated rings. The van der Waals surface area contributed by atoms with Gasteiger partial charge < -0.3 is 10.1 Å². The quantitative estimate of drug-likeness (QED) is 0.422. The average Bonchev–Trinajstić information content (AvgIpc) is 3.41. The third-order valence-corrected chi connectivity index (χ3v) is 5.51. The molecular formula is C18H22ClN3O3S. The summed E-state index contributed by atoms with van der Waals surface area (Å²) in [6.45, 7) is 2.86. The van der Waals surface area contributed by atoms with E-state index < -0.39 is 0 Å². The van der Waals surface area contributed by atoms with E-state index in [0.717, 1.165) is 12.8 Å². The molecular weight excluding hydrogens is 374 g/mol. The van der Waals surface area contributed by atoms with Gasteiger partial charge in [0.05, 0.1) is 16.2 Å². The summed E-state index contributed by atoms with van der Waals surface area (Å²) in [5.41, 5.74) is 0.419. The van der Waals surface area contributed by atoms with Crippen LogP contribution in [0.15, 0.2) is 28.2 Å². The zero-order valence-electron chi connectivity index (χ0n) is 14.8. The lowest BCUT2D eigenvalue weighted by molar-refractivity contribution is -0.120. The molecule has 2 aromatic rings. The molecule has 3 rings (SSSR count). The zero-order valence-corrected chi connectivity index (χ0v) is 16.4. The number of nitrogens with zero attached hydrogens (tertiary/aromatic N) is 2. The monoisotopic (exact) mass is 395 g/mol. The third kappa shape index (κ3) is 4.58. The highest BCUT2D eigenvalue weighted by Gasteiger charge is 2.27. The minimum absolute atomic E-state index is 0.0265. The number of carbonyl (C=O) groups excluding carboxylic acids is 1. The Morgan fingerprint density at radius 3 is 2.96 bits per heavy atom. The molecule has 0 bridgehead atoms. The summed E-state index contributed by atoms with van der Waals surface area (Å²) in [5.74, 6) is -0.0265. The molecule has 1 aliphatic rings. The van der Waals surface area contributed by atoms with E-state index >= 15 is 0 Å². The van der Waals surface area contributed by atoms with E-state index in [9.17, 15) is 9.59 Å². The highest BCUT2D eigenvalue weighted by molar-refractivity contribution is 8.00. The van der Waals surface area contributed by atoms with E-state index in [4.69, 9.17) is 16.3 Å². The summed E-state index contributed by atoms with van der Waals surface area (Å²) in [5, 5.41) is 4.22. The van der Waals surface area contributed by atoms with Crippen molar-refractivity contribution >= 4 is 40.2 Å². The summed E-state index contributed by atoms with van der Waals surface area (Å²) >= 11 is 7.35. The smallest absolute Gasteiger partial charge is 0.262 e. The summed E-state index contributed by atoms with van der Waals surface area (Å²) in [4.78, 5) is 29.8. The van der Waals surface area contributed by atoms with Crippen LogP contribution < -0.4 is 10.9 Å². The van der Waals surface area contributed by atoms with Crippen molar-refractivity contribution in [3.63, 3.8) is 0 Å². The van der Waals surface area contributed by atoms with Crippen LogP contribution in [0.1, 0.15) is 26.2 Å². The van der Waals surface area contributed by atoms with Crippen molar-refractivity contribution in [1.29, 1.82) is 0 Å². The van der Waals surface area contributed by atoms with Crippen LogP contribution in [0.5, 0.6) is 0 Å². The average molecular weight is 396 g/mol. The predicted molar refractivity (Wildman–Crippen MR) is 104 cm³/mol. The van der Waals surface area contributed by atoms with Gasteiger partial charge in [0.1, 0.15) is 0 Å². The van der Waals surface area contributed by atoms with Gasteiger partial charge >= 0.3 is 0 Å². The molecule has 1 aliphatic carbocycles. The summed E-state index contributed by atoms with van der Waals surface area (Å²) in [7, 11) is 1.63. The zero-order chi connectivity index (χ0) is 18.7. The Labute approximate surface area is 161 Å². The molecule has 8 heteroatoms. The number of ether oxygens (including phenoxy) is 1. The molecule has 1 saturated carbocycles. The minimum Gasteiger partial charge on any atom is -0.385 e. The van der Waals surface area contributed by atoms with Crippen molar-refractivity contribution in [2.45, 2.75) is 49.2 Å². The number of hydrogen-bond donors (Lipinski definition) is 1. The minimum atomic E-state index is -0.340. The fourth-order valence-corrected chi connectivity index (χ4v) is 3.70. The number of amides is 1. The molecule has 140 valence electrons. The summed E-state index contributed by atoms with van der Waals surface area (Å²) < 4.78 is 6.72. The van der Waals surface area contributed by atoms with Crippen molar-refractivity contribution in [3.05, 3.63) is 33.6 Å². The molecule has 1 aromatic carbocycles. The maximum absolute atomic E-state index is 12.9. The second-order valence-electron chi connectivity index (χ2n) is 6.40. The van der Waals surface area contributed by atoms with Gasteiger partial charge in [-0.1, -0.05) is 23.4 Å². The van der Waals surface area contributed by atoms with Crippen LogP contribution in [0.2, 0.25) is 5.02 Å². The fraction of sp³-hybridized carbons (Fsp3) is 0.500. The van der Waals surface area contributed by atoms with Crippen LogP contribution in [0, 0.1) is 0 Å². The highest BCUT2D eigenvalue weighted by atomic mass is 35.5. The van der Waals surface area contributed by atoms with Crippen molar-refractivity contribution < 1.29 is 9.53 Å². The Bertz CT molecular complexity index is 867. The van der Waals surface area contributed by atoms with Gasteiger partial charge in [-0.15, -0.1) is 0 Å². The largest absolute Gasteiger partial charge is 0.385 e. The van der Waals surface area contributed by atoms with Crippen LogP contribution in [0.4, 0.5) is 0 Å². The predicted octanol–water partition coefficient (Wildman–Crippen LogP) is 2.85. The van der Waals surface area contributed by atoms with Crippen LogP contribution in [-0.2, 0) is 16.1 Å². The van der Waals surface area contributed by atoms with Crippen molar-refractivity contribution in [1.82, 2.24) is 14.9 Å². The molecule has 6 nitrogen and oxygen atoms in total. The lowest BCUT2D eigenvalue weighted by atomic mass is 10.2. The van der Waals surface area contributed by atoms with Gasteiger partial charge in [0, 0.05) is 31.3 Å². The topological polar surface area (TPSA) is 73.2 Å². The Morgan fingerprint density at radius 2 is 2.27 bits per heavy atom. The van der Waals surface area contributed by atoms with Crippen LogP contribution >= 0.6 is 23.4 Å². The normalized spacial score (nSPS) is 15.2. The first kappa shape index (κ1) is 19.2. The molecule has 1 heterocycles. The van der Waals surface area contributed by atoms with Gasteiger partial charge in [0.2, 0.25) is 5.91 Å². The number of benzene rings is 1. The summed E-state index contributed by atoms with van der Waals surface area (Å²) in [6.07, 6.45) is 2.77. The number of thioether (sulfide) groups is 1. The molecule has 1 aromatic heterocycles. The van der Waals surface area contributed by atoms with Crippen molar-refractivity contribution in [2.75, 3.05) is 13.7 Å². The maximum Gasteiger partial charge on any atom is 0.262 e. The summed E-state index contributed by atoms with van der Waals surface area (Å²) in [6, 6.07) is 5.36. The molecule has 0 spiro atoms. The van der Waals surface area contributed by atoms with E-state index in [-0.39, 0.29) is 16.7 Å². The standard InChI is InChI=1S/C18H22ClN3O3S/c1-11(16(23)20-13-5-6-13)26-18-21-15-10-12(19)4-7-14(15)17(24)22(18)8-3-9-25-2/h4,7,10-11,13H,3,5-6,8-9H2,1-2H3,(H,20,23)/t11-/m0/s1.